The third kappa shape index (κ3) is 2.83. The molecule has 3 heterocycles. The van der Waals surface area contributed by atoms with Gasteiger partial charge in [-0.2, -0.15) is 5.10 Å². The van der Waals surface area contributed by atoms with E-state index in [2.05, 4.69) is 5.10 Å². The number of anilines is 1. The SMILES string of the molecule is O=C(c1cccc([N+](=O)[O-])c1)[C@@H]1[C@@H]2C(=O)N(c3ccc(F)cc3)C(=O)[C@@H]2[C@H]2C=CC=NN21. The van der Waals surface area contributed by atoms with Crippen LogP contribution < -0.4 is 4.90 Å². The lowest BCUT2D eigenvalue weighted by Gasteiger charge is -2.30. The number of nitro groups is 1. The van der Waals surface area contributed by atoms with E-state index in [9.17, 15) is 28.9 Å². The molecule has 10 heteroatoms. The average molecular weight is 434 g/mol. The van der Waals surface area contributed by atoms with Gasteiger partial charge in [0.2, 0.25) is 11.8 Å². The Morgan fingerprint density at radius 1 is 1.06 bits per heavy atom. The minimum Gasteiger partial charge on any atom is -0.292 e. The van der Waals surface area contributed by atoms with E-state index in [4.69, 9.17) is 0 Å². The Morgan fingerprint density at radius 3 is 2.50 bits per heavy atom. The number of ketones is 1. The second kappa shape index (κ2) is 7.19. The van der Waals surface area contributed by atoms with E-state index < -0.39 is 52.3 Å². The molecule has 2 saturated heterocycles. The number of non-ortho nitro benzene ring substituents is 1. The van der Waals surface area contributed by atoms with Crippen molar-refractivity contribution >= 4 is 35.2 Å². The fourth-order valence-corrected chi connectivity index (χ4v) is 4.63. The summed E-state index contributed by atoms with van der Waals surface area (Å²) in [4.78, 5) is 51.7. The van der Waals surface area contributed by atoms with Crippen LogP contribution >= 0.6 is 0 Å². The van der Waals surface area contributed by atoms with E-state index in [1.54, 1.807) is 12.2 Å². The first-order valence-electron chi connectivity index (χ1n) is 9.79. The molecule has 0 N–H and O–H groups in total. The van der Waals surface area contributed by atoms with Gasteiger partial charge in [0.15, 0.2) is 5.78 Å². The molecule has 2 aromatic carbocycles. The number of benzene rings is 2. The molecule has 0 spiro atoms. The Labute approximate surface area is 180 Å². The summed E-state index contributed by atoms with van der Waals surface area (Å²) in [7, 11) is 0. The topological polar surface area (TPSA) is 113 Å². The van der Waals surface area contributed by atoms with Crippen molar-refractivity contribution in [3.63, 3.8) is 0 Å². The van der Waals surface area contributed by atoms with E-state index in [-0.39, 0.29) is 16.9 Å². The van der Waals surface area contributed by atoms with Crippen molar-refractivity contribution in [2.24, 2.45) is 16.9 Å². The molecule has 0 aromatic heterocycles. The minimum absolute atomic E-state index is 0.0498. The zero-order valence-electron chi connectivity index (χ0n) is 16.4. The molecule has 4 atom stereocenters. The number of fused-ring (bicyclic) bond motifs is 3. The first-order valence-corrected chi connectivity index (χ1v) is 9.79. The third-order valence-corrected chi connectivity index (χ3v) is 5.99. The molecule has 3 aliphatic rings. The maximum atomic E-state index is 13.5. The normalized spacial score (nSPS) is 25.8. The highest BCUT2D eigenvalue weighted by atomic mass is 19.1. The monoisotopic (exact) mass is 434 g/mol. The predicted molar refractivity (Wildman–Crippen MR) is 110 cm³/mol. The number of carbonyl (C=O) groups excluding carboxylic acids is 3. The zero-order valence-corrected chi connectivity index (χ0v) is 16.4. The van der Waals surface area contributed by atoms with Gasteiger partial charge in [-0.3, -0.25) is 29.5 Å². The molecule has 160 valence electrons. The Morgan fingerprint density at radius 2 is 1.78 bits per heavy atom. The van der Waals surface area contributed by atoms with Gasteiger partial charge in [0.05, 0.1) is 28.5 Å². The largest absolute Gasteiger partial charge is 0.292 e. The Balaban J connectivity index is 1.57. The number of imide groups is 1. The standard InChI is InChI=1S/C22H15FN4O5/c23-13-6-8-14(9-7-13)25-21(29)17-16-5-2-10-24-26(16)19(18(17)22(25)30)20(28)12-3-1-4-15(11-12)27(31)32/h1-11,16-19H/t16-,17-,18-,19+/m1/s1. The summed E-state index contributed by atoms with van der Waals surface area (Å²) in [5.74, 6) is -4.05. The lowest BCUT2D eigenvalue weighted by Crippen LogP contribution is -2.46. The van der Waals surface area contributed by atoms with E-state index in [0.717, 1.165) is 23.1 Å². The number of nitrogens with zero attached hydrogens (tertiary/aromatic N) is 4. The van der Waals surface area contributed by atoms with Crippen LogP contribution in [0.25, 0.3) is 0 Å². The maximum Gasteiger partial charge on any atom is 0.270 e. The lowest BCUT2D eigenvalue weighted by molar-refractivity contribution is -0.384. The Hall–Kier alpha value is -4.21. The summed E-state index contributed by atoms with van der Waals surface area (Å²) < 4.78 is 13.4. The summed E-state index contributed by atoms with van der Waals surface area (Å²) in [6.45, 7) is 0. The number of Topliss-reactive ketones (excluding diaryl/α,β-unsaturated/α-hetero) is 1. The van der Waals surface area contributed by atoms with Gasteiger partial charge in [0.1, 0.15) is 11.9 Å². The van der Waals surface area contributed by atoms with Crippen LogP contribution in [0, 0.1) is 27.8 Å². The molecule has 32 heavy (non-hydrogen) atoms. The molecule has 5 rings (SSSR count). The molecule has 0 aliphatic carbocycles. The summed E-state index contributed by atoms with van der Waals surface area (Å²) in [5, 5.41) is 16.8. The maximum absolute atomic E-state index is 13.5. The number of hydrazone groups is 1. The number of allylic oxidation sites excluding steroid dienone is 1. The van der Waals surface area contributed by atoms with Gasteiger partial charge in [-0.05, 0) is 30.3 Å². The molecule has 9 nitrogen and oxygen atoms in total. The Bertz CT molecular complexity index is 1230. The number of nitro benzene ring substituents is 1. The number of hydrogen-bond donors (Lipinski definition) is 0. The molecule has 2 aromatic rings. The fraction of sp³-hybridized carbons (Fsp3) is 0.182. The molecule has 3 aliphatic heterocycles. The first kappa shape index (κ1) is 19.7. The second-order valence-corrected chi connectivity index (χ2v) is 7.68. The summed E-state index contributed by atoms with van der Waals surface area (Å²) in [6.07, 6.45) is 4.79. The number of carbonyl (C=O) groups is 3. The van der Waals surface area contributed by atoms with Gasteiger partial charge in [0, 0.05) is 23.9 Å². The number of halogens is 1. The number of rotatable bonds is 4. The highest BCUT2D eigenvalue weighted by molar-refractivity contribution is 6.24. The molecule has 0 unspecified atom stereocenters. The zero-order chi connectivity index (χ0) is 22.6. The van der Waals surface area contributed by atoms with Crippen molar-refractivity contribution in [2.45, 2.75) is 12.1 Å². The van der Waals surface area contributed by atoms with Crippen LogP contribution in [0.15, 0.2) is 65.8 Å². The van der Waals surface area contributed by atoms with Crippen molar-refractivity contribution in [2.75, 3.05) is 4.90 Å². The van der Waals surface area contributed by atoms with E-state index in [0.29, 0.717) is 0 Å². The van der Waals surface area contributed by atoms with Crippen LogP contribution in [0.4, 0.5) is 15.8 Å². The molecule has 0 bridgehead atoms. The minimum atomic E-state index is -1.12. The van der Waals surface area contributed by atoms with E-state index in [1.807, 2.05) is 0 Å². The molecular formula is C22H15FN4O5. The van der Waals surface area contributed by atoms with Gasteiger partial charge < -0.3 is 0 Å². The Kier molecular flexibility index (Phi) is 4.43. The van der Waals surface area contributed by atoms with E-state index in [1.165, 1.54) is 41.6 Å². The highest BCUT2D eigenvalue weighted by Crippen LogP contribution is 2.46. The highest BCUT2D eigenvalue weighted by Gasteiger charge is 2.64. The van der Waals surface area contributed by atoms with Crippen LogP contribution in [-0.2, 0) is 9.59 Å². The van der Waals surface area contributed by atoms with Gasteiger partial charge in [0.25, 0.3) is 5.69 Å². The molecule has 2 fully saturated rings. The second-order valence-electron chi connectivity index (χ2n) is 7.68. The summed E-state index contributed by atoms with van der Waals surface area (Å²) >= 11 is 0. The van der Waals surface area contributed by atoms with Crippen LogP contribution in [0.2, 0.25) is 0 Å². The van der Waals surface area contributed by atoms with Gasteiger partial charge >= 0.3 is 0 Å². The van der Waals surface area contributed by atoms with Crippen LogP contribution in [0.3, 0.4) is 0 Å². The third-order valence-electron chi connectivity index (χ3n) is 5.99. The van der Waals surface area contributed by atoms with Crippen molar-refractivity contribution < 1.29 is 23.7 Å². The van der Waals surface area contributed by atoms with Crippen LogP contribution in [0.1, 0.15) is 10.4 Å². The summed E-state index contributed by atoms with van der Waals surface area (Å²) in [6, 6.07) is 8.44. The van der Waals surface area contributed by atoms with Crippen molar-refractivity contribution in [1.82, 2.24) is 5.01 Å². The summed E-state index contributed by atoms with van der Waals surface area (Å²) in [5.41, 5.74) is 0.00627. The van der Waals surface area contributed by atoms with Crippen molar-refractivity contribution in [1.29, 1.82) is 0 Å². The molecular weight excluding hydrogens is 419 g/mol. The lowest BCUT2D eigenvalue weighted by atomic mass is 9.86. The van der Waals surface area contributed by atoms with Gasteiger partial charge in [-0.1, -0.05) is 18.2 Å². The molecule has 0 saturated carbocycles. The van der Waals surface area contributed by atoms with Crippen molar-refractivity contribution in [3.8, 4) is 0 Å². The molecule has 2 amide bonds. The van der Waals surface area contributed by atoms with Crippen LogP contribution in [0.5, 0.6) is 0 Å². The van der Waals surface area contributed by atoms with E-state index >= 15 is 0 Å². The average Bonchev–Trinajstić information content (AvgIpc) is 3.27. The number of amides is 2. The number of hydrogen-bond acceptors (Lipinski definition) is 7. The predicted octanol–water partition coefficient (Wildman–Crippen LogP) is 2.33. The van der Waals surface area contributed by atoms with Crippen molar-refractivity contribution in [3.05, 3.63) is 82.2 Å². The fourth-order valence-electron chi connectivity index (χ4n) is 4.63. The quantitative estimate of drug-likeness (QED) is 0.316. The first-order chi connectivity index (χ1) is 15.4. The van der Waals surface area contributed by atoms with Crippen LogP contribution in [-0.4, -0.2) is 45.8 Å². The van der Waals surface area contributed by atoms with Gasteiger partial charge in [-0.15, -0.1) is 0 Å². The van der Waals surface area contributed by atoms with Gasteiger partial charge in [-0.25, -0.2) is 9.29 Å². The smallest absolute Gasteiger partial charge is 0.270 e. The molecule has 0 radical (unpaired) electrons.